The molecular weight excluding hydrogens is 501 g/mol. The highest BCUT2D eigenvalue weighted by molar-refractivity contribution is 6.06. The van der Waals surface area contributed by atoms with Gasteiger partial charge in [-0.15, -0.1) is 0 Å². The van der Waals surface area contributed by atoms with Crippen LogP contribution in [0.15, 0.2) is 84.3 Å². The summed E-state index contributed by atoms with van der Waals surface area (Å²) < 4.78 is 32.8. The van der Waals surface area contributed by atoms with Crippen molar-refractivity contribution in [2.75, 3.05) is 24.4 Å². The number of nitrogens with one attached hydrogen (secondary N) is 2. The van der Waals surface area contributed by atoms with Crippen molar-refractivity contribution in [2.45, 2.75) is 26.5 Å². The van der Waals surface area contributed by atoms with Gasteiger partial charge in [0.05, 0.1) is 19.3 Å². The molecule has 1 aliphatic heterocycles. The zero-order valence-corrected chi connectivity index (χ0v) is 21.8. The van der Waals surface area contributed by atoms with E-state index in [9.17, 15) is 9.18 Å². The second-order valence-electron chi connectivity index (χ2n) is 8.80. The van der Waals surface area contributed by atoms with Crippen molar-refractivity contribution in [3.05, 3.63) is 101 Å². The number of hydrogen-bond donors (Lipinski definition) is 2. The van der Waals surface area contributed by atoms with E-state index < -0.39 is 6.04 Å². The summed E-state index contributed by atoms with van der Waals surface area (Å²) >= 11 is 0. The molecule has 2 heterocycles. The number of methoxy groups -OCH3 is 1. The molecular formula is C29H28FN5O4. The average Bonchev–Trinajstić information content (AvgIpc) is 3.41. The molecule has 2 N–H and O–H groups in total. The van der Waals surface area contributed by atoms with E-state index in [2.05, 4.69) is 20.7 Å². The summed E-state index contributed by atoms with van der Waals surface area (Å²) in [6.07, 6.45) is 1.43. The van der Waals surface area contributed by atoms with Gasteiger partial charge in [0, 0.05) is 16.9 Å². The van der Waals surface area contributed by atoms with E-state index in [4.69, 9.17) is 14.2 Å². The van der Waals surface area contributed by atoms with E-state index in [1.165, 1.54) is 12.4 Å². The average molecular weight is 530 g/mol. The minimum absolute atomic E-state index is 0.0429. The molecule has 200 valence electrons. The zero-order chi connectivity index (χ0) is 27.4. The van der Waals surface area contributed by atoms with Crippen LogP contribution in [-0.4, -0.2) is 34.4 Å². The molecule has 0 radical (unpaired) electrons. The molecule has 10 heteroatoms. The summed E-state index contributed by atoms with van der Waals surface area (Å²) in [7, 11) is 1.59. The SMILES string of the molecule is CCOc1cc([C@@H]2C(C(=O)Nc3ccc(OC)cc3)=C(C)Nc3ncnn32)ccc1OCc1ccccc1F. The number of halogens is 1. The van der Waals surface area contributed by atoms with Crippen LogP contribution in [0.1, 0.15) is 31.0 Å². The van der Waals surface area contributed by atoms with Gasteiger partial charge in [0.25, 0.3) is 5.91 Å². The molecule has 0 fully saturated rings. The monoisotopic (exact) mass is 529 g/mol. The first-order valence-corrected chi connectivity index (χ1v) is 12.4. The normalized spacial score (nSPS) is 14.3. The van der Waals surface area contributed by atoms with E-state index in [-0.39, 0.29) is 18.3 Å². The molecule has 0 saturated heterocycles. The Morgan fingerprint density at radius 3 is 2.62 bits per heavy atom. The summed E-state index contributed by atoms with van der Waals surface area (Å²) in [5, 5.41) is 10.5. The first kappa shape index (κ1) is 25.8. The van der Waals surface area contributed by atoms with Gasteiger partial charge in [0.2, 0.25) is 5.95 Å². The number of anilines is 2. The summed E-state index contributed by atoms with van der Waals surface area (Å²) in [6, 6.07) is 18.4. The van der Waals surface area contributed by atoms with Gasteiger partial charge in [-0.05, 0) is 61.9 Å². The first-order valence-electron chi connectivity index (χ1n) is 12.4. The van der Waals surface area contributed by atoms with Gasteiger partial charge in [-0.3, -0.25) is 4.79 Å². The summed E-state index contributed by atoms with van der Waals surface area (Å²) in [6.45, 7) is 4.12. The molecule has 39 heavy (non-hydrogen) atoms. The van der Waals surface area contributed by atoms with E-state index in [0.29, 0.717) is 52.3 Å². The third kappa shape index (κ3) is 5.40. The summed E-state index contributed by atoms with van der Waals surface area (Å²) in [5.74, 6) is 1.49. The van der Waals surface area contributed by atoms with Gasteiger partial charge >= 0.3 is 0 Å². The number of ether oxygens (including phenoxy) is 3. The standard InChI is InChI=1S/C29H28FN5O4/c1-4-38-25-15-19(9-14-24(25)39-16-20-7-5-6-8-23(20)30)27-26(18(2)33-29-31-17-32-35(27)29)28(36)34-21-10-12-22(37-3)13-11-21/h5-15,17,27H,4,16H2,1-3H3,(H,34,36)(H,31,32,33)/t27-/m1/s1. The maximum atomic E-state index is 14.1. The minimum Gasteiger partial charge on any atom is -0.497 e. The van der Waals surface area contributed by atoms with Crippen molar-refractivity contribution < 1.29 is 23.4 Å². The third-order valence-corrected chi connectivity index (χ3v) is 6.31. The largest absolute Gasteiger partial charge is 0.497 e. The number of carbonyl (C=O) groups excluding carboxylic acids is 1. The Morgan fingerprint density at radius 1 is 1.08 bits per heavy atom. The van der Waals surface area contributed by atoms with Crippen LogP contribution in [0.2, 0.25) is 0 Å². The van der Waals surface area contributed by atoms with Crippen molar-refractivity contribution in [3.8, 4) is 17.2 Å². The molecule has 1 aliphatic rings. The molecule has 1 amide bonds. The number of amides is 1. The van der Waals surface area contributed by atoms with Crippen LogP contribution >= 0.6 is 0 Å². The molecule has 1 atom stereocenters. The van der Waals surface area contributed by atoms with Crippen molar-refractivity contribution in [1.29, 1.82) is 0 Å². The summed E-state index contributed by atoms with van der Waals surface area (Å²) in [5.41, 5.74) is 2.90. The first-order chi connectivity index (χ1) is 19.0. The van der Waals surface area contributed by atoms with E-state index in [0.717, 1.165) is 5.56 Å². The van der Waals surface area contributed by atoms with Crippen LogP contribution < -0.4 is 24.8 Å². The van der Waals surface area contributed by atoms with Crippen LogP contribution in [-0.2, 0) is 11.4 Å². The molecule has 4 aromatic rings. The second kappa shape index (κ2) is 11.3. The quantitative estimate of drug-likeness (QED) is 0.302. The highest BCUT2D eigenvalue weighted by Crippen LogP contribution is 2.39. The number of aromatic nitrogens is 3. The molecule has 0 unspecified atom stereocenters. The van der Waals surface area contributed by atoms with Crippen LogP contribution in [0.3, 0.4) is 0 Å². The maximum absolute atomic E-state index is 14.1. The van der Waals surface area contributed by atoms with E-state index in [1.807, 2.05) is 26.0 Å². The zero-order valence-electron chi connectivity index (χ0n) is 21.8. The van der Waals surface area contributed by atoms with Crippen molar-refractivity contribution >= 4 is 17.5 Å². The maximum Gasteiger partial charge on any atom is 0.255 e. The Labute approximate surface area is 225 Å². The number of hydrogen-bond acceptors (Lipinski definition) is 7. The minimum atomic E-state index is -0.596. The molecule has 5 rings (SSSR count). The van der Waals surface area contributed by atoms with Gasteiger partial charge in [-0.25, -0.2) is 9.07 Å². The van der Waals surface area contributed by atoms with Gasteiger partial charge in [-0.2, -0.15) is 10.1 Å². The Bertz CT molecular complexity index is 1520. The lowest BCUT2D eigenvalue weighted by Crippen LogP contribution is -2.31. The second-order valence-corrected chi connectivity index (χ2v) is 8.80. The number of rotatable bonds is 9. The molecule has 1 aromatic heterocycles. The van der Waals surface area contributed by atoms with Gasteiger partial charge in [-0.1, -0.05) is 24.3 Å². The fourth-order valence-electron chi connectivity index (χ4n) is 4.42. The lowest BCUT2D eigenvalue weighted by atomic mass is 9.94. The van der Waals surface area contributed by atoms with Crippen molar-refractivity contribution in [1.82, 2.24) is 14.8 Å². The lowest BCUT2D eigenvalue weighted by molar-refractivity contribution is -0.113. The fraction of sp³-hybridized carbons (Fsp3) is 0.207. The number of allylic oxidation sites excluding steroid dienone is 1. The number of benzene rings is 3. The molecule has 0 bridgehead atoms. The predicted octanol–water partition coefficient (Wildman–Crippen LogP) is 5.33. The Hall–Kier alpha value is -4.86. The van der Waals surface area contributed by atoms with Crippen LogP contribution in [0.25, 0.3) is 0 Å². The van der Waals surface area contributed by atoms with E-state index >= 15 is 0 Å². The molecule has 0 aliphatic carbocycles. The molecule has 3 aromatic carbocycles. The molecule has 0 spiro atoms. The van der Waals surface area contributed by atoms with Crippen molar-refractivity contribution in [3.63, 3.8) is 0 Å². The molecule has 9 nitrogen and oxygen atoms in total. The van der Waals surface area contributed by atoms with Crippen molar-refractivity contribution in [2.24, 2.45) is 0 Å². The Morgan fingerprint density at radius 2 is 1.87 bits per heavy atom. The lowest BCUT2D eigenvalue weighted by Gasteiger charge is -2.29. The number of fused-ring (bicyclic) bond motifs is 1. The fourth-order valence-corrected chi connectivity index (χ4v) is 4.42. The van der Waals surface area contributed by atoms with Gasteiger partial charge in [0.1, 0.15) is 30.5 Å². The van der Waals surface area contributed by atoms with Crippen LogP contribution in [0.5, 0.6) is 17.2 Å². The summed E-state index contributed by atoms with van der Waals surface area (Å²) in [4.78, 5) is 17.9. The van der Waals surface area contributed by atoms with Gasteiger partial charge in [0.15, 0.2) is 11.5 Å². The Balaban J connectivity index is 1.48. The van der Waals surface area contributed by atoms with Crippen LogP contribution in [0, 0.1) is 5.82 Å². The third-order valence-electron chi connectivity index (χ3n) is 6.31. The Kier molecular flexibility index (Phi) is 7.44. The molecule has 0 saturated carbocycles. The van der Waals surface area contributed by atoms with Crippen LogP contribution in [0.4, 0.5) is 16.0 Å². The number of carbonyl (C=O) groups is 1. The number of nitrogens with zero attached hydrogens (tertiary/aromatic N) is 3. The smallest absolute Gasteiger partial charge is 0.255 e. The highest BCUT2D eigenvalue weighted by atomic mass is 19.1. The van der Waals surface area contributed by atoms with Gasteiger partial charge < -0.3 is 24.8 Å². The highest BCUT2D eigenvalue weighted by Gasteiger charge is 2.34. The van der Waals surface area contributed by atoms with E-state index in [1.54, 1.807) is 60.3 Å². The topological polar surface area (TPSA) is 99.5 Å². The predicted molar refractivity (Wildman–Crippen MR) is 144 cm³/mol.